The van der Waals surface area contributed by atoms with Gasteiger partial charge in [-0.25, -0.2) is 0 Å². The summed E-state index contributed by atoms with van der Waals surface area (Å²) in [4.78, 5) is 12.0. The molecule has 1 aliphatic rings. The van der Waals surface area contributed by atoms with Crippen molar-refractivity contribution in [1.29, 1.82) is 0 Å². The SMILES string of the molecule is Cc1ccc2c(c1)C(=O)CC[C@@H]2c1ccccc1. The van der Waals surface area contributed by atoms with Crippen molar-refractivity contribution in [3.63, 3.8) is 0 Å². The number of rotatable bonds is 1. The normalized spacial score (nSPS) is 18.5. The molecular weight excluding hydrogens is 220 g/mol. The van der Waals surface area contributed by atoms with Gasteiger partial charge in [-0.3, -0.25) is 4.79 Å². The first-order valence-corrected chi connectivity index (χ1v) is 6.44. The number of benzene rings is 2. The molecule has 1 aliphatic carbocycles. The van der Waals surface area contributed by atoms with Gasteiger partial charge in [-0.15, -0.1) is 0 Å². The average Bonchev–Trinajstić information content (AvgIpc) is 2.41. The number of fused-ring (bicyclic) bond motifs is 1. The summed E-state index contributed by atoms with van der Waals surface area (Å²) in [7, 11) is 0. The van der Waals surface area contributed by atoms with Crippen LogP contribution in [0.3, 0.4) is 0 Å². The Morgan fingerprint density at radius 1 is 1.06 bits per heavy atom. The minimum Gasteiger partial charge on any atom is -0.294 e. The van der Waals surface area contributed by atoms with E-state index in [4.69, 9.17) is 0 Å². The number of carbonyl (C=O) groups excluding carboxylic acids is 1. The van der Waals surface area contributed by atoms with E-state index in [1.165, 1.54) is 11.1 Å². The zero-order chi connectivity index (χ0) is 12.5. The number of aryl methyl sites for hydroxylation is 1. The van der Waals surface area contributed by atoms with Crippen LogP contribution in [0.5, 0.6) is 0 Å². The molecule has 0 spiro atoms. The molecule has 0 aromatic heterocycles. The molecule has 0 amide bonds. The van der Waals surface area contributed by atoms with Gasteiger partial charge in [0.1, 0.15) is 0 Å². The molecule has 2 aromatic carbocycles. The highest BCUT2D eigenvalue weighted by atomic mass is 16.1. The molecule has 0 saturated heterocycles. The maximum atomic E-state index is 12.0. The third-order valence-corrected chi connectivity index (χ3v) is 3.75. The monoisotopic (exact) mass is 236 g/mol. The molecule has 2 aromatic rings. The van der Waals surface area contributed by atoms with E-state index in [-0.39, 0.29) is 0 Å². The molecule has 18 heavy (non-hydrogen) atoms. The second kappa shape index (κ2) is 4.41. The summed E-state index contributed by atoms with van der Waals surface area (Å²) in [6.45, 7) is 2.04. The molecule has 0 unspecified atom stereocenters. The first-order valence-electron chi connectivity index (χ1n) is 6.44. The van der Waals surface area contributed by atoms with Crippen molar-refractivity contribution in [3.05, 3.63) is 70.8 Å². The molecule has 0 heterocycles. The third-order valence-electron chi connectivity index (χ3n) is 3.75. The molecular formula is C17H16O. The maximum Gasteiger partial charge on any atom is 0.163 e. The Labute approximate surface area is 107 Å². The van der Waals surface area contributed by atoms with Crippen LogP contribution in [0.15, 0.2) is 48.5 Å². The van der Waals surface area contributed by atoms with Gasteiger partial charge in [0.2, 0.25) is 0 Å². The Morgan fingerprint density at radius 2 is 1.83 bits per heavy atom. The van der Waals surface area contributed by atoms with E-state index in [0.717, 1.165) is 17.5 Å². The van der Waals surface area contributed by atoms with E-state index in [1.807, 2.05) is 19.1 Å². The largest absolute Gasteiger partial charge is 0.294 e. The van der Waals surface area contributed by atoms with Crippen molar-refractivity contribution in [2.75, 3.05) is 0 Å². The number of carbonyl (C=O) groups is 1. The minimum atomic E-state index is 0.292. The van der Waals surface area contributed by atoms with Crippen LogP contribution >= 0.6 is 0 Å². The summed E-state index contributed by atoms with van der Waals surface area (Å²) in [5.41, 5.74) is 4.60. The van der Waals surface area contributed by atoms with Gasteiger partial charge in [0.05, 0.1) is 0 Å². The summed E-state index contributed by atoms with van der Waals surface area (Å²) in [5.74, 6) is 0.667. The van der Waals surface area contributed by atoms with E-state index < -0.39 is 0 Å². The molecule has 1 nitrogen and oxygen atoms in total. The number of hydrogen-bond acceptors (Lipinski definition) is 1. The zero-order valence-electron chi connectivity index (χ0n) is 10.5. The first kappa shape index (κ1) is 11.2. The van der Waals surface area contributed by atoms with Crippen molar-refractivity contribution >= 4 is 5.78 Å². The fourth-order valence-corrected chi connectivity index (χ4v) is 2.81. The Morgan fingerprint density at radius 3 is 2.61 bits per heavy atom. The van der Waals surface area contributed by atoms with Gasteiger partial charge in [0.25, 0.3) is 0 Å². The first-order chi connectivity index (χ1) is 8.75. The Balaban J connectivity index is 2.11. The minimum absolute atomic E-state index is 0.292. The maximum absolute atomic E-state index is 12.0. The van der Waals surface area contributed by atoms with E-state index in [2.05, 4.69) is 36.4 Å². The smallest absolute Gasteiger partial charge is 0.163 e. The predicted molar refractivity (Wildman–Crippen MR) is 73.0 cm³/mol. The average molecular weight is 236 g/mol. The van der Waals surface area contributed by atoms with Gasteiger partial charge >= 0.3 is 0 Å². The second-order valence-corrected chi connectivity index (χ2v) is 5.02. The molecule has 0 radical (unpaired) electrons. The van der Waals surface area contributed by atoms with Crippen molar-refractivity contribution in [3.8, 4) is 0 Å². The molecule has 0 N–H and O–H groups in total. The number of Topliss-reactive ketones (excluding diaryl/α,β-unsaturated/α-hetero) is 1. The van der Waals surface area contributed by atoms with Crippen LogP contribution in [0.2, 0.25) is 0 Å². The summed E-state index contributed by atoms with van der Waals surface area (Å²) < 4.78 is 0. The second-order valence-electron chi connectivity index (χ2n) is 5.02. The van der Waals surface area contributed by atoms with Crippen LogP contribution < -0.4 is 0 Å². The van der Waals surface area contributed by atoms with E-state index in [1.54, 1.807) is 0 Å². The van der Waals surface area contributed by atoms with Crippen LogP contribution in [0.4, 0.5) is 0 Å². The van der Waals surface area contributed by atoms with Crippen LogP contribution in [-0.4, -0.2) is 5.78 Å². The van der Waals surface area contributed by atoms with E-state index >= 15 is 0 Å². The molecule has 3 rings (SSSR count). The van der Waals surface area contributed by atoms with Gasteiger partial charge in [0, 0.05) is 17.9 Å². The molecule has 0 saturated carbocycles. The molecule has 90 valence electrons. The van der Waals surface area contributed by atoms with Crippen molar-refractivity contribution in [1.82, 2.24) is 0 Å². The van der Waals surface area contributed by atoms with Gasteiger partial charge in [-0.05, 0) is 30.5 Å². The van der Waals surface area contributed by atoms with Crippen molar-refractivity contribution in [2.24, 2.45) is 0 Å². The van der Waals surface area contributed by atoms with E-state index in [9.17, 15) is 4.79 Å². The van der Waals surface area contributed by atoms with Gasteiger partial charge in [-0.2, -0.15) is 0 Å². The van der Waals surface area contributed by atoms with Crippen LogP contribution in [0, 0.1) is 6.92 Å². The quantitative estimate of drug-likeness (QED) is 0.728. The standard InChI is InChI=1S/C17H16O/c1-12-7-8-15-14(13-5-3-2-4-6-13)9-10-17(18)16(15)11-12/h2-8,11,14H,9-10H2,1H3/t14-/m1/s1. The predicted octanol–water partition coefficient (Wildman–Crippen LogP) is 4.10. The van der Waals surface area contributed by atoms with E-state index in [0.29, 0.717) is 18.1 Å². The summed E-state index contributed by atoms with van der Waals surface area (Å²) in [6, 6.07) is 16.8. The Hall–Kier alpha value is -1.89. The summed E-state index contributed by atoms with van der Waals surface area (Å²) in [5, 5.41) is 0. The van der Waals surface area contributed by atoms with Gasteiger partial charge in [-0.1, -0.05) is 48.0 Å². The lowest BCUT2D eigenvalue weighted by Gasteiger charge is -2.25. The summed E-state index contributed by atoms with van der Waals surface area (Å²) in [6.07, 6.45) is 1.59. The zero-order valence-corrected chi connectivity index (χ0v) is 10.5. The lowest BCUT2D eigenvalue weighted by Crippen LogP contribution is -2.16. The topological polar surface area (TPSA) is 17.1 Å². The van der Waals surface area contributed by atoms with Crippen LogP contribution in [0.1, 0.15) is 45.8 Å². The Bertz CT molecular complexity index is 584. The highest BCUT2D eigenvalue weighted by Gasteiger charge is 2.26. The molecule has 0 fully saturated rings. The number of hydrogen-bond donors (Lipinski definition) is 0. The molecule has 1 atom stereocenters. The molecule has 0 bridgehead atoms. The van der Waals surface area contributed by atoms with Gasteiger partial charge < -0.3 is 0 Å². The Kier molecular flexibility index (Phi) is 2.75. The molecule has 1 heteroatoms. The third kappa shape index (κ3) is 1.86. The molecule has 0 aliphatic heterocycles. The highest BCUT2D eigenvalue weighted by Crippen LogP contribution is 2.36. The lowest BCUT2D eigenvalue weighted by molar-refractivity contribution is 0.0969. The summed E-state index contributed by atoms with van der Waals surface area (Å²) >= 11 is 0. The fraction of sp³-hybridized carbons (Fsp3) is 0.235. The van der Waals surface area contributed by atoms with Crippen LogP contribution in [-0.2, 0) is 0 Å². The lowest BCUT2D eigenvalue weighted by atomic mass is 9.78. The number of ketones is 1. The highest BCUT2D eigenvalue weighted by molar-refractivity contribution is 5.99. The van der Waals surface area contributed by atoms with Crippen molar-refractivity contribution < 1.29 is 4.79 Å². The van der Waals surface area contributed by atoms with Crippen molar-refractivity contribution in [2.45, 2.75) is 25.7 Å². The fourth-order valence-electron chi connectivity index (χ4n) is 2.81. The van der Waals surface area contributed by atoms with Crippen LogP contribution in [0.25, 0.3) is 0 Å². The van der Waals surface area contributed by atoms with Gasteiger partial charge in [0.15, 0.2) is 5.78 Å².